The van der Waals surface area contributed by atoms with Crippen molar-refractivity contribution in [2.45, 2.75) is 18.1 Å². The van der Waals surface area contributed by atoms with E-state index in [1.165, 1.54) is 18.2 Å². The summed E-state index contributed by atoms with van der Waals surface area (Å²) in [6.45, 7) is -0.834. The lowest BCUT2D eigenvalue weighted by Gasteiger charge is -2.24. The fourth-order valence-corrected chi connectivity index (χ4v) is 4.93. The number of aliphatic hydroxyl groups is 1. The number of rotatable bonds is 4. The summed E-state index contributed by atoms with van der Waals surface area (Å²) in [6, 6.07) is 7.74. The predicted octanol–water partition coefficient (Wildman–Crippen LogP) is 5.00. The van der Waals surface area contributed by atoms with Crippen LogP contribution in [0.3, 0.4) is 0 Å². The maximum atomic E-state index is 14.0. The smallest absolute Gasteiger partial charge is 0.326 e. The Bertz CT molecular complexity index is 1450. The van der Waals surface area contributed by atoms with Crippen molar-refractivity contribution >= 4 is 40.6 Å². The predicted molar refractivity (Wildman–Crippen MR) is 129 cm³/mol. The molecule has 5 rings (SSSR count). The van der Waals surface area contributed by atoms with E-state index in [-0.39, 0.29) is 33.1 Å². The first kappa shape index (κ1) is 24.8. The number of halogens is 5. The zero-order chi connectivity index (χ0) is 26.6. The van der Waals surface area contributed by atoms with Crippen molar-refractivity contribution in [3.05, 3.63) is 87.4 Å². The minimum Gasteiger partial charge on any atom is -0.388 e. The zero-order valence-electron chi connectivity index (χ0n) is 19.1. The molecule has 0 fully saturated rings. The van der Waals surface area contributed by atoms with Crippen LogP contribution in [0.1, 0.15) is 33.1 Å². The molecule has 2 heterocycles. The first-order valence-electron chi connectivity index (χ1n) is 11.0. The highest BCUT2D eigenvalue weighted by atomic mass is 35.5. The quantitative estimate of drug-likeness (QED) is 0.355. The first-order valence-corrected chi connectivity index (χ1v) is 11.4. The normalized spacial score (nSPS) is 20.1. The van der Waals surface area contributed by atoms with Gasteiger partial charge in [-0.25, -0.2) is 22.4 Å². The van der Waals surface area contributed by atoms with Gasteiger partial charge in [-0.1, -0.05) is 11.6 Å². The van der Waals surface area contributed by atoms with Gasteiger partial charge in [0.2, 0.25) is 0 Å². The van der Waals surface area contributed by atoms with Crippen LogP contribution in [0.4, 0.5) is 39.4 Å². The number of alkyl halides is 2. The Balaban J connectivity index is 1.58. The van der Waals surface area contributed by atoms with Crippen LogP contribution in [0, 0.1) is 11.6 Å². The van der Waals surface area contributed by atoms with Crippen molar-refractivity contribution in [3.8, 4) is 0 Å². The van der Waals surface area contributed by atoms with Crippen molar-refractivity contribution in [2.24, 2.45) is 0 Å². The van der Waals surface area contributed by atoms with Crippen LogP contribution in [0.15, 0.2) is 48.5 Å². The third kappa shape index (κ3) is 4.04. The summed E-state index contributed by atoms with van der Waals surface area (Å²) in [5.74, 6) is -1.94. The molecular weight excluding hydrogens is 516 g/mol. The van der Waals surface area contributed by atoms with Gasteiger partial charge < -0.3 is 21.1 Å². The molecule has 0 radical (unpaired) electrons. The second kappa shape index (κ2) is 8.93. The molecule has 0 saturated heterocycles. The number of carbonyl (C=O) groups is 2. The maximum Gasteiger partial charge on any atom is 0.326 e. The molecule has 37 heavy (non-hydrogen) atoms. The summed E-state index contributed by atoms with van der Waals surface area (Å²) >= 11 is 6.29. The molecule has 0 saturated carbocycles. The largest absolute Gasteiger partial charge is 0.388 e. The van der Waals surface area contributed by atoms with Gasteiger partial charge in [0.25, 0.3) is 12.3 Å². The number of nitrogens with zero attached hydrogens (tertiary/aromatic N) is 1. The Hall–Kier alpha value is -3.83. The number of β-amino-alcohol motifs (C(OH)–C–C–N with tert-alkyl or cyclic N) is 1. The third-order valence-electron chi connectivity index (χ3n) is 6.51. The number of fused-ring (bicyclic) bond motifs is 2. The molecule has 0 aromatic heterocycles. The van der Waals surface area contributed by atoms with Gasteiger partial charge in [0.1, 0.15) is 11.6 Å². The van der Waals surface area contributed by atoms with Crippen molar-refractivity contribution < 1.29 is 32.3 Å². The van der Waals surface area contributed by atoms with E-state index in [9.17, 15) is 32.3 Å². The minimum absolute atomic E-state index is 0.0953. The standard InChI is InChI=1S/C25H19ClF4N4O3/c1-31-13-8-15-20(21(33-22(15)35)14-6-11(27)2-4-17(14)26)18(9-13)32-24(36)34-10-25(37,23(29)30)16-7-12(28)3-5-19(16)34/h2-9,21,23,31,37H,10H2,1H3,(H,32,36)(H,33,35)/t21-,25-/m1/s1. The van der Waals surface area contributed by atoms with Crippen molar-refractivity contribution in [1.82, 2.24) is 5.32 Å². The van der Waals surface area contributed by atoms with Crippen LogP contribution in [0.2, 0.25) is 5.02 Å². The highest BCUT2D eigenvalue weighted by molar-refractivity contribution is 6.31. The van der Waals surface area contributed by atoms with Gasteiger partial charge in [-0.3, -0.25) is 9.69 Å². The Kier molecular flexibility index (Phi) is 5.99. The number of nitrogens with one attached hydrogen (secondary N) is 3. The molecule has 7 nitrogen and oxygen atoms in total. The lowest BCUT2D eigenvalue weighted by Crippen LogP contribution is -2.43. The Labute approximate surface area is 213 Å². The van der Waals surface area contributed by atoms with E-state index in [0.29, 0.717) is 5.69 Å². The monoisotopic (exact) mass is 534 g/mol. The van der Waals surface area contributed by atoms with E-state index >= 15 is 0 Å². The van der Waals surface area contributed by atoms with Crippen LogP contribution >= 0.6 is 11.6 Å². The molecule has 2 aliphatic rings. The second-order valence-corrected chi connectivity index (χ2v) is 9.12. The van der Waals surface area contributed by atoms with Crippen molar-refractivity contribution in [3.63, 3.8) is 0 Å². The van der Waals surface area contributed by atoms with Gasteiger partial charge in [0.05, 0.1) is 24.0 Å². The van der Waals surface area contributed by atoms with Crippen molar-refractivity contribution in [1.29, 1.82) is 0 Å². The number of anilines is 3. The van der Waals surface area contributed by atoms with E-state index < -0.39 is 53.7 Å². The van der Waals surface area contributed by atoms with E-state index in [2.05, 4.69) is 16.0 Å². The molecule has 4 N–H and O–H groups in total. The Morgan fingerprint density at radius 3 is 2.57 bits per heavy atom. The van der Waals surface area contributed by atoms with Crippen LogP contribution in [0.5, 0.6) is 0 Å². The molecule has 0 aliphatic carbocycles. The first-order chi connectivity index (χ1) is 17.5. The third-order valence-corrected chi connectivity index (χ3v) is 6.85. The summed E-state index contributed by atoms with van der Waals surface area (Å²) in [5.41, 5.74) is -2.02. The highest BCUT2D eigenvalue weighted by Gasteiger charge is 2.50. The highest BCUT2D eigenvalue weighted by Crippen LogP contribution is 2.45. The van der Waals surface area contributed by atoms with Gasteiger partial charge in [-0.2, -0.15) is 0 Å². The molecule has 192 valence electrons. The van der Waals surface area contributed by atoms with E-state index in [1.807, 2.05) is 0 Å². The molecule has 2 atom stereocenters. The van der Waals surface area contributed by atoms with Gasteiger partial charge in [0.15, 0.2) is 5.60 Å². The average Bonchev–Trinajstić information content (AvgIpc) is 3.35. The van der Waals surface area contributed by atoms with Crippen LogP contribution < -0.4 is 20.9 Å². The Morgan fingerprint density at radius 2 is 1.86 bits per heavy atom. The Morgan fingerprint density at radius 1 is 1.16 bits per heavy atom. The summed E-state index contributed by atoms with van der Waals surface area (Å²) in [6.07, 6.45) is -3.30. The average molecular weight is 535 g/mol. The van der Waals surface area contributed by atoms with Crippen molar-refractivity contribution in [2.75, 3.05) is 29.1 Å². The van der Waals surface area contributed by atoms with Gasteiger partial charge in [0, 0.05) is 40.0 Å². The number of hydrogen-bond acceptors (Lipinski definition) is 4. The SMILES string of the molecule is CNc1cc(NC(=O)N2C[C@](O)(C(F)F)c3cc(F)ccc32)c2c(c1)C(=O)N[C@@H]2c1cc(F)ccc1Cl. The van der Waals surface area contributed by atoms with E-state index in [1.54, 1.807) is 7.05 Å². The van der Waals surface area contributed by atoms with Gasteiger partial charge in [-0.05, 0) is 48.5 Å². The maximum absolute atomic E-state index is 14.0. The molecule has 2 aliphatic heterocycles. The number of urea groups is 1. The second-order valence-electron chi connectivity index (χ2n) is 8.71. The van der Waals surface area contributed by atoms with E-state index in [4.69, 9.17) is 11.6 Å². The molecular formula is C25H19ClF4N4O3. The topological polar surface area (TPSA) is 93.7 Å². The number of amides is 3. The van der Waals surface area contributed by atoms with Gasteiger partial charge >= 0.3 is 6.03 Å². The number of carbonyl (C=O) groups excluding carboxylic acids is 2. The summed E-state index contributed by atoms with van der Waals surface area (Å²) in [5, 5.41) is 19.0. The number of hydrogen-bond donors (Lipinski definition) is 4. The minimum atomic E-state index is -3.30. The zero-order valence-corrected chi connectivity index (χ0v) is 19.8. The molecule has 3 aromatic rings. The summed E-state index contributed by atoms with van der Waals surface area (Å²) in [4.78, 5) is 27.1. The van der Waals surface area contributed by atoms with Gasteiger partial charge in [-0.15, -0.1) is 0 Å². The van der Waals surface area contributed by atoms with Crippen LogP contribution in [0.25, 0.3) is 0 Å². The summed E-state index contributed by atoms with van der Waals surface area (Å²) < 4.78 is 55.5. The number of benzene rings is 3. The fourth-order valence-electron chi connectivity index (χ4n) is 4.70. The van der Waals surface area contributed by atoms with E-state index in [0.717, 1.165) is 35.2 Å². The lowest BCUT2D eigenvalue weighted by molar-refractivity contribution is -0.0892. The fraction of sp³-hybridized carbons (Fsp3) is 0.200. The molecule has 3 aromatic carbocycles. The molecule has 0 unspecified atom stereocenters. The summed E-state index contributed by atoms with van der Waals surface area (Å²) in [7, 11) is 1.59. The molecule has 0 bridgehead atoms. The van der Waals surface area contributed by atoms with Crippen LogP contribution in [-0.2, 0) is 5.60 Å². The lowest BCUT2D eigenvalue weighted by atomic mass is 9.95. The molecule has 12 heteroatoms. The van der Waals surface area contributed by atoms with Crippen LogP contribution in [-0.4, -0.2) is 37.1 Å². The molecule has 3 amide bonds. The molecule has 0 spiro atoms.